The molecule has 0 fully saturated rings. The van der Waals surface area contributed by atoms with Gasteiger partial charge in [0.25, 0.3) is 17.2 Å². The zero-order valence-electron chi connectivity index (χ0n) is 18.7. The third kappa shape index (κ3) is 4.40. The number of nitro benzene ring substituents is 1. The Kier molecular flexibility index (Phi) is 5.93. The topological polar surface area (TPSA) is 107 Å². The molecule has 0 spiro atoms. The minimum Gasteiger partial charge on any atom is -0.267 e. The number of nitrogens with zero attached hydrogens (tertiary/aromatic N) is 3. The summed E-state index contributed by atoms with van der Waals surface area (Å²) >= 11 is 5.86. The van der Waals surface area contributed by atoms with E-state index in [2.05, 4.69) is 31.2 Å². The number of benzene rings is 3. The third-order valence-electron chi connectivity index (χ3n) is 5.40. The second-order valence-corrected chi connectivity index (χ2v) is 9.19. The van der Waals surface area contributed by atoms with E-state index in [0.29, 0.717) is 16.5 Å². The first-order chi connectivity index (χ1) is 16.1. The molecule has 34 heavy (non-hydrogen) atoms. The van der Waals surface area contributed by atoms with Crippen LogP contribution in [0, 0.1) is 10.1 Å². The van der Waals surface area contributed by atoms with E-state index >= 15 is 0 Å². The summed E-state index contributed by atoms with van der Waals surface area (Å²) in [5, 5.41) is 11.4. The molecule has 0 radical (unpaired) electrons. The first-order valence-electron chi connectivity index (χ1n) is 10.4. The molecule has 8 nitrogen and oxygen atoms in total. The quantitative estimate of drug-likeness (QED) is 0.317. The maximum atomic E-state index is 13.3. The van der Waals surface area contributed by atoms with Crippen molar-refractivity contribution in [1.29, 1.82) is 0 Å². The van der Waals surface area contributed by atoms with Crippen molar-refractivity contribution < 1.29 is 9.72 Å². The minimum absolute atomic E-state index is 0.0230. The summed E-state index contributed by atoms with van der Waals surface area (Å²) in [7, 11) is 0. The summed E-state index contributed by atoms with van der Waals surface area (Å²) in [5.41, 5.74) is 3.79. The largest absolute Gasteiger partial charge is 0.288 e. The lowest BCUT2D eigenvalue weighted by atomic mass is 9.86. The summed E-state index contributed by atoms with van der Waals surface area (Å²) in [6, 6.07) is 18.1. The zero-order valence-corrected chi connectivity index (χ0v) is 19.5. The van der Waals surface area contributed by atoms with E-state index in [9.17, 15) is 19.7 Å². The molecule has 1 aromatic heterocycles. The van der Waals surface area contributed by atoms with Crippen LogP contribution in [0.2, 0.25) is 5.02 Å². The van der Waals surface area contributed by atoms with Crippen molar-refractivity contribution in [3.8, 4) is 11.4 Å². The molecule has 0 aliphatic rings. The minimum atomic E-state index is -0.716. The number of rotatable bonds is 4. The predicted octanol–water partition coefficient (Wildman–Crippen LogP) is 5.31. The second-order valence-electron chi connectivity index (χ2n) is 8.78. The molecule has 9 heteroatoms. The van der Waals surface area contributed by atoms with Crippen LogP contribution in [0.15, 0.2) is 71.5 Å². The van der Waals surface area contributed by atoms with Gasteiger partial charge in [-0.15, -0.1) is 0 Å². The number of halogens is 1. The number of fused-ring (bicyclic) bond motifs is 1. The van der Waals surface area contributed by atoms with Crippen LogP contribution in [0.5, 0.6) is 0 Å². The lowest BCUT2D eigenvalue weighted by Gasteiger charge is -2.20. The maximum absolute atomic E-state index is 13.3. The summed E-state index contributed by atoms with van der Waals surface area (Å²) in [6.07, 6.45) is 0. The first-order valence-corrected chi connectivity index (χ1v) is 10.8. The molecule has 3 aromatic carbocycles. The standard InChI is InChI=1S/C25H21ClN4O4/c1-25(2,3)17-11-8-15(9-12-17)22-27-20-7-5-4-6-18(20)24(32)29(22)28-23(31)16-10-13-19(26)21(14-16)30(33)34/h4-14H,1-3H3,(H,28,31). The van der Waals surface area contributed by atoms with Gasteiger partial charge in [0, 0.05) is 17.2 Å². The summed E-state index contributed by atoms with van der Waals surface area (Å²) in [6.45, 7) is 6.28. The Balaban J connectivity index is 1.84. The summed E-state index contributed by atoms with van der Waals surface area (Å²) in [4.78, 5) is 41.5. The number of nitro groups is 1. The number of carbonyl (C=O) groups is 1. The highest BCUT2D eigenvalue weighted by molar-refractivity contribution is 6.32. The van der Waals surface area contributed by atoms with Crippen molar-refractivity contribution in [2.45, 2.75) is 26.2 Å². The molecule has 0 saturated heterocycles. The van der Waals surface area contributed by atoms with Crippen molar-refractivity contribution in [1.82, 2.24) is 9.66 Å². The molecule has 4 rings (SSSR count). The number of aromatic nitrogens is 2. The summed E-state index contributed by atoms with van der Waals surface area (Å²) in [5.74, 6) is -0.479. The Morgan fingerprint density at radius 2 is 1.74 bits per heavy atom. The highest BCUT2D eigenvalue weighted by Crippen LogP contribution is 2.27. The molecule has 1 amide bonds. The molecule has 0 unspecified atom stereocenters. The highest BCUT2D eigenvalue weighted by Gasteiger charge is 2.20. The van der Waals surface area contributed by atoms with Crippen LogP contribution in [0.4, 0.5) is 5.69 Å². The van der Waals surface area contributed by atoms with Crippen molar-refractivity contribution >= 4 is 34.1 Å². The van der Waals surface area contributed by atoms with E-state index in [1.165, 1.54) is 12.1 Å². The van der Waals surface area contributed by atoms with Gasteiger partial charge in [0.1, 0.15) is 5.02 Å². The Morgan fingerprint density at radius 3 is 2.38 bits per heavy atom. The van der Waals surface area contributed by atoms with Gasteiger partial charge in [-0.3, -0.25) is 25.1 Å². The van der Waals surface area contributed by atoms with E-state index < -0.39 is 22.1 Å². The fraction of sp³-hybridized carbons (Fsp3) is 0.160. The van der Waals surface area contributed by atoms with Crippen LogP contribution in [0.1, 0.15) is 36.7 Å². The van der Waals surface area contributed by atoms with Gasteiger partial charge < -0.3 is 0 Å². The summed E-state index contributed by atoms with van der Waals surface area (Å²) < 4.78 is 1.07. The van der Waals surface area contributed by atoms with Gasteiger partial charge in [0.2, 0.25) is 0 Å². The van der Waals surface area contributed by atoms with Crippen LogP contribution in [-0.4, -0.2) is 20.5 Å². The number of hydrogen-bond donors (Lipinski definition) is 1. The van der Waals surface area contributed by atoms with Crippen LogP contribution < -0.4 is 11.0 Å². The van der Waals surface area contributed by atoms with Gasteiger partial charge in [-0.1, -0.05) is 68.8 Å². The number of carbonyl (C=O) groups excluding carboxylic acids is 1. The molecule has 0 saturated carbocycles. The molecule has 1 N–H and O–H groups in total. The average Bonchev–Trinajstić information content (AvgIpc) is 2.80. The molecule has 172 valence electrons. The molecular weight excluding hydrogens is 456 g/mol. The van der Waals surface area contributed by atoms with Gasteiger partial charge in [0.05, 0.1) is 15.8 Å². The highest BCUT2D eigenvalue weighted by atomic mass is 35.5. The zero-order chi connectivity index (χ0) is 24.6. The lowest BCUT2D eigenvalue weighted by molar-refractivity contribution is -0.384. The monoisotopic (exact) mass is 476 g/mol. The van der Waals surface area contributed by atoms with E-state index in [-0.39, 0.29) is 21.8 Å². The fourth-order valence-electron chi connectivity index (χ4n) is 3.51. The molecule has 0 atom stereocenters. The van der Waals surface area contributed by atoms with Gasteiger partial charge >= 0.3 is 0 Å². The van der Waals surface area contributed by atoms with Crippen LogP contribution >= 0.6 is 11.6 Å². The van der Waals surface area contributed by atoms with Crippen LogP contribution in [0.25, 0.3) is 22.3 Å². The van der Waals surface area contributed by atoms with Gasteiger partial charge in [-0.05, 0) is 35.2 Å². The Bertz CT molecular complexity index is 1490. The molecule has 1 heterocycles. The van der Waals surface area contributed by atoms with Crippen molar-refractivity contribution in [3.05, 3.63) is 103 Å². The number of amides is 1. The van der Waals surface area contributed by atoms with E-state index in [4.69, 9.17) is 11.6 Å². The fourth-order valence-corrected chi connectivity index (χ4v) is 3.70. The predicted molar refractivity (Wildman–Crippen MR) is 132 cm³/mol. The molecule has 4 aromatic rings. The molecule has 0 aliphatic heterocycles. The molecular formula is C25H21ClN4O4. The number of nitrogens with one attached hydrogen (secondary N) is 1. The maximum Gasteiger partial charge on any atom is 0.288 e. The normalized spacial score (nSPS) is 11.4. The van der Waals surface area contributed by atoms with Crippen molar-refractivity contribution in [2.24, 2.45) is 0 Å². The first kappa shape index (κ1) is 23.1. The number of hydrogen-bond acceptors (Lipinski definition) is 5. The smallest absolute Gasteiger partial charge is 0.267 e. The van der Waals surface area contributed by atoms with Crippen LogP contribution in [-0.2, 0) is 5.41 Å². The molecule has 0 aliphatic carbocycles. The van der Waals surface area contributed by atoms with E-state index in [0.717, 1.165) is 16.3 Å². The third-order valence-corrected chi connectivity index (χ3v) is 5.72. The number of para-hydroxylation sites is 1. The molecule has 0 bridgehead atoms. The van der Waals surface area contributed by atoms with E-state index in [1.54, 1.807) is 24.3 Å². The van der Waals surface area contributed by atoms with Gasteiger partial charge in [-0.25, -0.2) is 4.98 Å². The van der Waals surface area contributed by atoms with Gasteiger partial charge in [-0.2, -0.15) is 4.68 Å². The van der Waals surface area contributed by atoms with Crippen molar-refractivity contribution in [3.63, 3.8) is 0 Å². The van der Waals surface area contributed by atoms with Gasteiger partial charge in [0.15, 0.2) is 5.82 Å². The second kappa shape index (κ2) is 8.72. The van der Waals surface area contributed by atoms with Crippen LogP contribution in [0.3, 0.4) is 0 Å². The van der Waals surface area contributed by atoms with E-state index in [1.807, 2.05) is 24.3 Å². The Labute approximate surface area is 200 Å². The Morgan fingerprint density at radius 1 is 1.06 bits per heavy atom. The Hall–Kier alpha value is -4.04. The van der Waals surface area contributed by atoms with Crippen molar-refractivity contribution in [2.75, 3.05) is 5.43 Å². The SMILES string of the molecule is CC(C)(C)c1ccc(-c2nc3ccccc3c(=O)n2NC(=O)c2ccc(Cl)c([N+](=O)[O-])c2)cc1. The lowest BCUT2D eigenvalue weighted by Crippen LogP contribution is -2.35. The average molecular weight is 477 g/mol.